The highest BCUT2D eigenvalue weighted by Crippen LogP contribution is 2.26. The van der Waals surface area contributed by atoms with E-state index in [0.717, 1.165) is 36.0 Å². The van der Waals surface area contributed by atoms with Crippen LogP contribution in [0.3, 0.4) is 0 Å². The van der Waals surface area contributed by atoms with Gasteiger partial charge in [0.1, 0.15) is 11.4 Å². The minimum absolute atomic E-state index is 0.183. The topological polar surface area (TPSA) is 67.6 Å². The van der Waals surface area contributed by atoms with Crippen molar-refractivity contribution in [3.8, 4) is 16.3 Å². The SMILES string of the molecule is COc1cccc(CN2CCC(O)(Cn3nc(-c4cccs4)ccc3=O)CC2)c1. The van der Waals surface area contributed by atoms with Gasteiger partial charge in [-0.05, 0) is 48.1 Å². The van der Waals surface area contributed by atoms with Crippen LogP contribution in [0.15, 0.2) is 58.7 Å². The molecule has 0 radical (unpaired) electrons. The Morgan fingerprint density at radius 3 is 2.72 bits per heavy atom. The summed E-state index contributed by atoms with van der Waals surface area (Å²) in [5.74, 6) is 0.854. The number of hydrogen-bond acceptors (Lipinski definition) is 6. The second-order valence-electron chi connectivity index (χ2n) is 7.54. The molecule has 1 saturated heterocycles. The molecule has 1 N–H and O–H groups in total. The molecule has 0 atom stereocenters. The number of aromatic nitrogens is 2. The van der Waals surface area contributed by atoms with Crippen molar-refractivity contribution in [2.75, 3.05) is 20.2 Å². The van der Waals surface area contributed by atoms with Crippen LogP contribution in [0, 0.1) is 0 Å². The van der Waals surface area contributed by atoms with Crippen LogP contribution in [-0.2, 0) is 13.1 Å². The number of piperidine rings is 1. The van der Waals surface area contributed by atoms with Crippen molar-refractivity contribution >= 4 is 11.3 Å². The lowest BCUT2D eigenvalue weighted by atomic mass is 9.91. The number of likely N-dealkylation sites (tertiary alicyclic amines) is 1. The van der Waals surface area contributed by atoms with Gasteiger partial charge in [-0.15, -0.1) is 11.3 Å². The Bertz CT molecular complexity index is 1010. The van der Waals surface area contributed by atoms with Crippen LogP contribution in [0.2, 0.25) is 0 Å². The Morgan fingerprint density at radius 1 is 1.17 bits per heavy atom. The second-order valence-corrected chi connectivity index (χ2v) is 8.49. The van der Waals surface area contributed by atoms with Gasteiger partial charge in [-0.3, -0.25) is 9.69 Å². The molecule has 7 heteroatoms. The fourth-order valence-electron chi connectivity index (χ4n) is 3.71. The lowest BCUT2D eigenvalue weighted by Gasteiger charge is -2.38. The third kappa shape index (κ3) is 4.75. The zero-order chi connectivity index (χ0) is 20.3. The molecule has 0 bridgehead atoms. The van der Waals surface area contributed by atoms with E-state index in [4.69, 9.17) is 4.74 Å². The van der Waals surface area contributed by atoms with Crippen LogP contribution in [0.5, 0.6) is 5.75 Å². The van der Waals surface area contributed by atoms with Crippen molar-refractivity contribution in [3.63, 3.8) is 0 Å². The van der Waals surface area contributed by atoms with Crippen molar-refractivity contribution in [1.29, 1.82) is 0 Å². The van der Waals surface area contributed by atoms with E-state index in [1.807, 2.05) is 35.7 Å². The van der Waals surface area contributed by atoms with E-state index in [0.29, 0.717) is 12.8 Å². The number of ether oxygens (including phenoxy) is 1. The lowest BCUT2D eigenvalue weighted by molar-refractivity contribution is -0.0389. The number of benzene rings is 1. The average molecular weight is 412 g/mol. The van der Waals surface area contributed by atoms with E-state index >= 15 is 0 Å². The van der Waals surface area contributed by atoms with Crippen molar-refractivity contribution in [2.24, 2.45) is 0 Å². The zero-order valence-electron chi connectivity index (χ0n) is 16.5. The maximum Gasteiger partial charge on any atom is 0.266 e. The average Bonchev–Trinajstić information content (AvgIpc) is 3.27. The minimum Gasteiger partial charge on any atom is -0.497 e. The van der Waals surface area contributed by atoms with Gasteiger partial charge in [0, 0.05) is 25.7 Å². The first-order valence-electron chi connectivity index (χ1n) is 9.74. The van der Waals surface area contributed by atoms with Gasteiger partial charge in [-0.25, -0.2) is 4.68 Å². The maximum atomic E-state index is 12.3. The van der Waals surface area contributed by atoms with Crippen molar-refractivity contribution in [3.05, 3.63) is 69.8 Å². The van der Waals surface area contributed by atoms with Crippen molar-refractivity contribution in [2.45, 2.75) is 31.5 Å². The summed E-state index contributed by atoms with van der Waals surface area (Å²) in [4.78, 5) is 15.6. The van der Waals surface area contributed by atoms with Gasteiger partial charge >= 0.3 is 0 Å². The summed E-state index contributed by atoms with van der Waals surface area (Å²) in [7, 11) is 1.67. The lowest BCUT2D eigenvalue weighted by Crippen LogP contribution is -2.48. The van der Waals surface area contributed by atoms with Crippen molar-refractivity contribution in [1.82, 2.24) is 14.7 Å². The highest BCUT2D eigenvalue weighted by atomic mass is 32.1. The molecule has 1 aliphatic rings. The minimum atomic E-state index is -0.921. The first kappa shape index (κ1) is 19.8. The Balaban J connectivity index is 1.41. The smallest absolute Gasteiger partial charge is 0.266 e. The second kappa shape index (κ2) is 8.49. The molecule has 29 heavy (non-hydrogen) atoms. The van der Waals surface area contributed by atoms with E-state index < -0.39 is 5.60 Å². The summed E-state index contributed by atoms with van der Waals surface area (Å²) >= 11 is 1.58. The first-order valence-corrected chi connectivity index (χ1v) is 10.6. The molecule has 3 heterocycles. The largest absolute Gasteiger partial charge is 0.497 e. The summed E-state index contributed by atoms with van der Waals surface area (Å²) in [5.41, 5.74) is 0.850. The van der Waals surface area contributed by atoms with Crippen molar-refractivity contribution < 1.29 is 9.84 Å². The highest BCUT2D eigenvalue weighted by Gasteiger charge is 2.33. The quantitative estimate of drug-likeness (QED) is 0.675. The molecule has 1 aliphatic heterocycles. The van der Waals surface area contributed by atoms with Crippen LogP contribution in [-0.4, -0.2) is 45.6 Å². The van der Waals surface area contributed by atoms with Gasteiger partial charge in [0.05, 0.1) is 24.1 Å². The number of hydrogen-bond donors (Lipinski definition) is 1. The standard InChI is InChI=1S/C22H25N3O3S/c1-28-18-5-2-4-17(14-18)15-24-11-9-22(27,10-12-24)16-25-21(26)8-7-19(23-25)20-6-3-13-29-20/h2-8,13-14,27H,9-12,15-16H2,1H3. The van der Waals surface area contributed by atoms with E-state index in [1.54, 1.807) is 24.5 Å². The summed E-state index contributed by atoms with van der Waals surface area (Å²) in [6, 6.07) is 15.3. The molecule has 3 aromatic rings. The third-order valence-electron chi connectivity index (χ3n) is 5.41. The van der Waals surface area contributed by atoms with Crippen LogP contribution in [0.4, 0.5) is 0 Å². The molecule has 0 spiro atoms. The molecule has 6 nitrogen and oxygen atoms in total. The Labute approximate surface area is 174 Å². The summed E-state index contributed by atoms with van der Waals surface area (Å²) in [6.45, 7) is 2.58. The Kier molecular flexibility index (Phi) is 5.80. The molecule has 1 fully saturated rings. The monoisotopic (exact) mass is 411 g/mol. The van der Waals surface area contributed by atoms with Gasteiger partial charge in [0.15, 0.2) is 0 Å². The number of nitrogens with zero attached hydrogens (tertiary/aromatic N) is 3. The Morgan fingerprint density at radius 2 is 2.00 bits per heavy atom. The van der Waals surface area contributed by atoms with Gasteiger partial charge in [-0.1, -0.05) is 18.2 Å². The highest BCUT2D eigenvalue weighted by molar-refractivity contribution is 7.13. The molecule has 1 aromatic carbocycles. The summed E-state index contributed by atoms with van der Waals surface area (Å²) in [6.07, 6.45) is 1.21. The van der Waals surface area contributed by atoms with Crippen LogP contribution < -0.4 is 10.3 Å². The Hall–Kier alpha value is -2.48. The van der Waals surface area contributed by atoms with Gasteiger partial charge in [0.2, 0.25) is 0 Å². The van der Waals surface area contributed by atoms with Crippen LogP contribution in [0.1, 0.15) is 18.4 Å². The molecule has 152 valence electrons. The fourth-order valence-corrected chi connectivity index (χ4v) is 4.40. The normalized spacial score (nSPS) is 16.6. The van der Waals surface area contributed by atoms with Gasteiger partial charge in [-0.2, -0.15) is 5.10 Å². The predicted octanol–water partition coefficient (Wildman–Crippen LogP) is 3.01. The summed E-state index contributed by atoms with van der Waals surface area (Å²) in [5, 5.41) is 17.6. The molecule has 0 unspecified atom stereocenters. The van der Waals surface area contributed by atoms with E-state index in [2.05, 4.69) is 16.1 Å². The number of rotatable bonds is 6. The van der Waals surface area contributed by atoms with E-state index in [9.17, 15) is 9.90 Å². The third-order valence-corrected chi connectivity index (χ3v) is 6.30. The predicted molar refractivity (Wildman–Crippen MR) is 114 cm³/mol. The van der Waals surface area contributed by atoms with Crippen LogP contribution in [0.25, 0.3) is 10.6 Å². The molecule has 0 saturated carbocycles. The molecule has 0 amide bonds. The van der Waals surface area contributed by atoms with E-state index in [1.165, 1.54) is 16.3 Å². The maximum absolute atomic E-state index is 12.3. The first-order chi connectivity index (χ1) is 14.0. The number of thiophene rings is 1. The molecular weight excluding hydrogens is 386 g/mol. The van der Waals surface area contributed by atoms with Crippen LogP contribution >= 0.6 is 11.3 Å². The van der Waals surface area contributed by atoms with Gasteiger partial charge < -0.3 is 9.84 Å². The molecular formula is C22H25N3O3S. The summed E-state index contributed by atoms with van der Waals surface area (Å²) < 4.78 is 6.70. The van der Waals surface area contributed by atoms with E-state index in [-0.39, 0.29) is 12.1 Å². The van der Waals surface area contributed by atoms with Gasteiger partial charge in [0.25, 0.3) is 5.56 Å². The number of aliphatic hydroxyl groups is 1. The number of methoxy groups -OCH3 is 1. The zero-order valence-corrected chi connectivity index (χ0v) is 17.3. The molecule has 2 aromatic heterocycles. The molecule has 4 rings (SSSR count). The molecule has 0 aliphatic carbocycles. The fraction of sp³-hybridized carbons (Fsp3) is 0.364.